The van der Waals surface area contributed by atoms with Gasteiger partial charge in [0.25, 0.3) is 5.91 Å². The highest BCUT2D eigenvalue weighted by molar-refractivity contribution is 7.89. The van der Waals surface area contributed by atoms with Crippen LogP contribution in [0, 0.1) is 19.3 Å². The third kappa shape index (κ3) is 5.39. The average Bonchev–Trinajstić information content (AvgIpc) is 2.91. The predicted molar refractivity (Wildman–Crippen MR) is 128 cm³/mol. The molecule has 0 saturated carbocycles. The molecule has 1 aromatic heterocycles. The minimum atomic E-state index is -3.60. The van der Waals surface area contributed by atoms with E-state index in [1.54, 1.807) is 29.2 Å². The number of nitrogens with one attached hydrogen (secondary N) is 1. The van der Waals surface area contributed by atoms with Gasteiger partial charge in [0, 0.05) is 31.6 Å². The lowest BCUT2D eigenvalue weighted by molar-refractivity contribution is -0.123. The smallest absolute Gasteiger partial charge is 0.264 e. The minimum absolute atomic E-state index is 0.107. The molecule has 3 rings (SSSR count). The van der Waals surface area contributed by atoms with Crippen molar-refractivity contribution in [3.63, 3.8) is 0 Å². The third-order valence-corrected chi connectivity index (χ3v) is 8.48. The SMILES string of the molecule is Cc1ccc(S(=O)(=O)N2CCCN(C(=O)c3sc(NC(=O)C(C)(C)C)cc3C)CC2)cc1. The van der Waals surface area contributed by atoms with Crippen molar-refractivity contribution in [2.75, 3.05) is 31.5 Å². The zero-order chi connectivity index (χ0) is 23.7. The van der Waals surface area contributed by atoms with E-state index in [1.165, 1.54) is 15.6 Å². The second-order valence-electron chi connectivity index (χ2n) is 9.19. The molecule has 174 valence electrons. The topological polar surface area (TPSA) is 86.8 Å². The van der Waals surface area contributed by atoms with Crippen molar-refractivity contribution in [2.45, 2.75) is 45.9 Å². The molecule has 0 bridgehead atoms. The molecule has 2 amide bonds. The maximum Gasteiger partial charge on any atom is 0.264 e. The number of hydrogen-bond donors (Lipinski definition) is 1. The molecule has 0 spiro atoms. The van der Waals surface area contributed by atoms with Crippen molar-refractivity contribution < 1.29 is 18.0 Å². The summed E-state index contributed by atoms with van der Waals surface area (Å²) in [6.45, 7) is 10.7. The Morgan fingerprint density at radius 1 is 1.00 bits per heavy atom. The van der Waals surface area contributed by atoms with Gasteiger partial charge in [-0.05, 0) is 44.0 Å². The van der Waals surface area contributed by atoms with E-state index in [4.69, 9.17) is 0 Å². The number of aryl methyl sites for hydroxylation is 2. The van der Waals surface area contributed by atoms with Crippen LogP contribution in [-0.2, 0) is 14.8 Å². The first-order valence-corrected chi connectivity index (χ1v) is 12.9. The molecule has 1 N–H and O–H groups in total. The van der Waals surface area contributed by atoms with Crippen LogP contribution in [0.2, 0.25) is 0 Å². The van der Waals surface area contributed by atoms with E-state index in [0.717, 1.165) is 11.1 Å². The van der Waals surface area contributed by atoms with Crippen molar-refractivity contribution in [3.05, 3.63) is 46.3 Å². The fraction of sp³-hybridized carbons (Fsp3) is 0.478. The molecule has 2 heterocycles. The highest BCUT2D eigenvalue weighted by atomic mass is 32.2. The second kappa shape index (κ2) is 9.33. The van der Waals surface area contributed by atoms with Crippen LogP contribution in [0.3, 0.4) is 0 Å². The monoisotopic (exact) mass is 477 g/mol. The van der Waals surface area contributed by atoms with E-state index in [9.17, 15) is 18.0 Å². The van der Waals surface area contributed by atoms with Crippen LogP contribution >= 0.6 is 11.3 Å². The zero-order valence-corrected chi connectivity index (χ0v) is 20.9. The standard InChI is InChI=1S/C23H31N3O4S2/c1-16-7-9-18(10-8-16)32(29,30)26-12-6-11-25(13-14-26)21(27)20-17(2)15-19(31-20)24-22(28)23(3,4)5/h7-10,15H,6,11-14H2,1-5H3,(H,24,28). The molecule has 2 aromatic rings. The molecule has 9 heteroatoms. The summed E-state index contributed by atoms with van der Waals surface area (Å²) in [4.78, 5) is 28.0. The van der Waals surface area contributed by atoms with Gasteiger partial charge in [0.15, 0.2) is 0 Å². The predicted octanol–water partition coefficient (Wildman–Crippen LogP) is 3.89. The van der Waals surface area contributed by atoms with Crippen LogP contribution in [0.5, 0.6) is 0 Å². The van der Waals surface area contributed by atoms with Gasteiger partial charge >= 0.3 is 0 Å². The van der Waals surface area contributed by atoms with Crippen molar-refractivity contribution in [2.24, 2.45) is 5.41 Å². The van der Waals surface area contributed by atoms with E-state index in [2.05, 4.69) is 5.32 Å². The Bertz CT molecular complexity index is 1100. The van der Waals surface area contributed by atoms with Crippen LogP contribution in [0.1, 0.15) is 48.0 Å². The molecule has 1 fully saturated rings. The van der Waals surface area contributed by atoms with Crippen molar-refractivity contribution >= 4 is 38.2 Å². The third-order valence-electron chi connectivity index (χ3n) is 5.43. The summed E-state index contributed by atoms with van der Waals surface area (Å²) in [6, 6.07) is 8.64. The van der Waals surface area contributed by atoms with E-state index in [-0.39, 0.29) is 23.3 Å². The summed E-state index contributed by atoms with van der Waals surface area (Å²) in [6.07, 6.45) is 0.564. The van der Waals surface area contributed by atoms with Gasteiger partial charge in [-0.3, -0.25) is 9.59 Å². The minimum Gasteiger partial charge on any atom is -0.337 e. The fourth-order valence-electron chi connectivity index (χ4n) is 3.40. The number of sulfonamides is 1. The van der Waals surface area contributed by atoms with Gasteiger partial charge in [0.2, 0.25) is 15.9 Å². The summed E-state index contributed by atoms with van der Waals surface area (Å²) in [5.41, 5.74) is 1.28. The number of nitrogens with zero attached hydrogens (tertiary/aromatic N) is 2. The number of amides is 2. The Labute approximate surface area is 194 Å². The van der Waals surface area contributed by atoms with Gasteiger partial charge in [0.05, 0.1) is 14.8 Å². The first-order chi connectivity index (χ1) is 14.9. The van der Waals surface area contributed by atoms with Gasteiger partial charge in [-0.25, -0.2) is 8.42 Å². The van der Waals surface area contributed by atoms with Crippen LogP contribution < -0.4 is 5.32 Å². The normalized spacial score (nSPS) is 16.0. The molecule has 7 nitrogen and oxygen atoms in total. The summed E-state index contributed by atoms with van der Waals surface area (Å²) in [7, 11) is -3.60. The Morgan fingerprint density at radius 3 is 2.28 bits per heavy atom. The number of carbonyl (C=O) groups is 2. The molecule has 1 aliphatic rings. The lowest BCUT2D eigenvalue weighted by Crippen LogP contribution is -2.37. The molecule has 1 aromatic carbocycles. The molecule has 1 aliphatic heterocycles. The number of anilines is 1. The quantitative estimate of drug-likeness (QED) is 0.724. The van der Waals surface area contributed by atoms with Crippen LogP contribution in [0.25, 0.3) is 0 Å². The van der Waals surface area contributed by atoms with Gasteiger partial charge in [0.1, 0.15) is 0 Å². The molecule has 0 unspecified atom stereocenters. The Balaban J connectivity index is 1.71. The fourth-order valence-corrected chi connectivity index (χ4v) is 5.90. The van der Waals surface area contributed by atoms with Gasteiger partial charge in [-0.1, -0.05) is 38.5 Å². The Kier molecular flexibility index (Phi) is 7.12. The summed E-state index contributed by atoms with van der Waals surface area (Å²) >= 11 is 1.26. The summed E-state index contributed by atoms with van der Waals surface area (Å²) in [5, 5.41) is 3.53. The lowest BCUT2D eigenvalue weighted by Gasteiger charge is -2.22. The number of hydrogen-bond acceptors (Lipinski definition) is 5. The van der Waals surface area contributed by atoms with Crippen LogP contribution in [0.15, 0.2) is 35.2 Å². The second-order valence-corrected chi connectivity index (χ2v) is 12.2. The van der Waals surface area contributed by atoms with E-state index >= 15 is 0 Å². The molecule has 0 radical (unpaired) electrons. The van der Waals surface area contributed by atoms with Crippen molar-refractivity contribution in [1.82, 2.24) is 9.21 Å². The maximum atomic E-state index is 13.2. The average molecular weight is 478 g/mol. The van der Waals surface area contributed by atoms with Crippen molar-refractivity contribution in [1.29, 1.82) is 0 Å². The van der Waals surface area contributed by atoms with E-state index in [1.807, 2.05) is 40.7 Å². The Morgan fingerprint density at radius 2 is 1.66 bits per heavy atom. The lowest BCUT2D eigenvalue weighted by atomic mass is 9.96. The van der Waals surface area contributed by atoms with Gasteiger partial charge in [-0.2, -0.15) is 4.31 Å². The molecular weight excluding hydrogens is 446 g/mol. The number of carbonyl (C=O) groups excluding carboxylic acids is 2. The molecule has 32 heavy (non-hydrogen) atoms. The van der Waals surface area contributed by atoms with Gasteiger partial charge < -0.3 is 10.2 Å². The zero-order valence-electron chi connectivity index (χ0n) is 19.3. The summed E-state index contributed by atoms with van der Waals surface area (Å²) < 4.78 is 27.5. The molecular formula is C23H31N3O4S2. The summed E-state index contributed by atoms with van der Waals surface area (Å²) in [5.74, 6) is -0.234. The molecule has 0 aliphatic carbocycles. The number of rotatable bonds is 4. The maximum absolute atomic E-state index is 13.2. The molecule has 0 atom stereocenters. The molecule has 1 saturated heterocycles. The van der Waals surface area contributed by atoms with E-state index in [0.29, 0.717) is 35.9 Å². The Hall–Kier alpha value is -2.23. The largest absolute Gasteiger partial charge is 0.337 e. The van der Waals surface area contributed by atoms with Crippen LogP contribution in [-0.4, -0.2) is 55.6 Å². The highest BCUT2D eigenvalue weighted by Gasteiger charge is 2.30. The highest BCUT2D eigenvalue weighted by Crippen LogP contribution is 2.30. The van der Waals surface area contributed by atoms with Crippen molar-refractivity contribution in [3.8, 4) is 0 Å². The first-order valence-electron chi connectivity index (χ1n) is 10.7. The number of benzene rings is 1. The number of thiophene rings is 1. The van der Waals surface area contributed by atoms with E-state index < -0.39 is 15.4 Å². The van der Waals surface area contributed by atoms with Gasteiger partial charge in [-0.15, -0.1) is 11.3 Å². The first kappa shape index (κ1) is 24.4. The van der Waals surface area contributed by atoms with Crippen LogP contribution in [0.4, 0.5) is 5.00 Å².